The third-order valence-electron chi connectivity index (χ3n) is 2.86. The van der Waals surface area contributed by atoms with Crippen molar-refractivity contribution in [3.8, 4) is 5.75 Å². The van der Waals surface area contributed by atoms with Gasteiger partial charge in [-0.1, -0.05) is 17.7 Å². The van der Waals surface area contributed by atoms with Crippen molar-refractivity contribution in [2.24, 2.45) is 0 Å². The summed E-state index contributed by atoms with van der Waals surface area (Å²) < 4.78 is 0.437. The Hall–Kier alpha value is -2.08. The largest absolute Gasteiger partial charge is 0.508 e. The topological polar surface area (TPSA) is 75.4 Å². The third kappa shape index (κ3) is 3.27. The quantitative estimate of drug-likeness (QED) is 0.654. The molecule has 0 radical (unpaired) electrons. The van der Waals surface area contributed by atoms with Crippen LogP contribution in [0.1, 0.15) is 11.1 Å². The Bertz CT molecular complexity index is 659. The van der Waals surface area contributed by atoms with Gasteiger partial charge in [0.05, 0.1) is 9.40 Å². The van der Waals surface area contributed by atoms with Crippen molar-refractivity contribution in [2.45, 2.75) is 13.5 Å². The standard InChI is InChI=1S/C14H13BrN2O3/c1-9-2-5-14(18)10(6-9)8-16-11-3-4-12(15)13(7-11)17(19)20/h2-7,16,18H,8H2,1H3. The summed E-state index contributed by atoms with van der Waals surface area (Å²) in [6.07, 6.45) is 0. The van der Waals surface area contributed by atoms with Gasteiger partial charge in [-0.3, -0.25) is 10.1 Å². The number of rotatable bonds is 4. The summed E-state index contributed by atoms with van der Waals surface area (Å²) in [5.41, 5.74) is 2.42. The van der Waals surface area contributed by atoms with Crippen LogP contribution >= 0.6 is 15.9 Å². The Morgan fingerprint density at radius 2 is 2.05 bits per heavy atom. The molecule has 0 saturated carbocycles. The molecule has 104 valence electrons. The smallest absolute Gasteiger partial charge is 0.285 e. The van der Waals surface area contributed by atoms with Gasteiger partial charge in [-0.15, -0.1) is 0 Å². The molecule has 0 fully saturated rings. The number of nitrogens with one attached hydrogen (secondary N) is 1. The molecule has 2 rings (SSSR count). The highest BCUT2D eigenvalue weighted by Crippen LogP contribution is 2.28. The lowest BCUT2D eigenvalue weighted by molar-refractivity contribution is -0.385. The number of nitro benzene ring substituents is 1. The molecule has 0 unspecified atom stereocenters. The highest BCUT2D eigenvalue weighted by Gasteiger charge is 2.12. The third-order valence-corrected chi connectivity index (χ3v) is 3.53. The fourth-order valence-electron chi connectivity index (χ4n) is 1.82. The van der Waals surface area contributed by atoms with Crippen molar-refractivity contribution in [1.29, 1.82) is 0 Å². The van der Waals surface area contributed by atoms with Gasteiger partial charge in [0, 0.05) is 23.9 Å². The predicted octanol–water partition coefficient (Wildman–Crippen LogP) is 3.98. The molecule has 0 bridgehead atoms. The van der Waals surface area contributed by atoms with E-state index in [1.807, 2.05) is 19.1 Å². The van der Waals surface area contributed by atoms with E-state index in [-0.39, 0.29) is 11.4 Å². The number of aromatic hydroxyl groups is 1. The lowest BCUT2D eigenvalue weighted by Crippen LogP contribution is -2.01. The number of aryl methyl sites for hydroxylation is 1. The molecule has 6 heteroatoms. The van der Waals surface area contributed by atoms with Crippen molar-refractivity contribution >= 4 is 27.3 Å². The monoisotopic (exact) mass is 336 g/mol. The minimum Gasteiger partial charge on any atom is -0.508 e. The number of phenols is 1. The fraction of sp³-hybridized carbons (Fsp3) is 0.143. The van der Waals surface area contributed by atoms with Crippen LogP contribution in [-0.4, -0.2) is 10.0 Å². The number of nitrogens with zero attached hydrogens (tertiary/aromatic N) is 1. The maximum atomic E-state index is 10.9. The summed E-state index contributed by atoms with van der Waals surface area (Å²) in [5, 5.41) is 23.7. The zero-order chi connectivity index (χ0) is 14.7. The second-order valence-corrected chi connectivity index (χ2v) is 5.26. The first kappa shape index (κ1) is 14.3. The zero-order valence-corrected chi connectivity index (χ0v) is 12.3. The molecule has 0 aliphatic rings. The van der Waals surface area contributed by atoms with Crippen LogP contribution in [0.2, 0.25) is 0 Å². The average Bonchev–Trinajstić information content (AvgIpc) is 2.41. The second-order valence-electron chi connectivity index (χ2n) is 4.41. The molecule has 0 aliphatic carbocycles. The lowest BCUT2D eigenvalue weighted by atomic mass is 10.1. The zero-order valence-electron chi connectivity index (χ0n) is 10.8. The van der Waals surface area contributed by atoms with E-state index >= 15 is 0 Å². The molecule has 0 aromatic heterocycles. The molecular formula is C14H13BrN2O3. The molecule has 2 aromatic carbocycles. The average molecular weight is 337 g/mol. The molecule has 0 saturated heterocycles. The summed E-state index contributed by atoms with van der Waals surface area (Å²) in [5.74, 6) is 0.203. The van der Waals surface area contributed by atoms with Gasteiger partial charge in [-0.2, -0.15) is 0 Å². The van der Waals surface area contributed by atoms with Crippen LogP contribution in [0.25, 0.3) is 0 Å². The van der Waals surface area contributed by atoms with Gasteiger partial charge in [0.1, 0.15) is 5.75 Å². The van der Waals surface area contributed by atoms with Crippen LogP contribution in [0.15, 0.2) is 40.9 Å². The van der Waals surface area contributed by atoms with Gasteiger partial charge in [-0.25, -0.2) is 0 Å². The van der Waals surface area contributed by atoms with E-state index in [2.05, 4.69) is 21.2 Å². The van der Waals surface area contributed by atoms with Crippen LogP contribution < -0.4 is 5.32 Å². The van der Waals surface area contributed by atoms with E-state index in [0.29, 0.717) is 16.7 Å². The number of anilines is 1. The Kier molecular flexibility index (Phi) is 4.24. The highest BCUT2D eigenvalue weighted by atomic mass is 79.9. The van der Waals surface area contributed by atoms with E-state index < -0.39 is 4.92 Å². The Morgan fingerprint density at radius 1 is 1.30 bits per heavy atom. The van der Waals surface area contributed by atoms with Crippen LogP contribution in [0.4, 0.5) is 11.4 Å². The predicted molar refractivity (Wildman–Crippen MR) is 81.0 cm³/mol. The van der Waals surface area contributed by atoms with Crippen LogP contribution in [0, 0.1) is 17.0 Å². The number of hydrogen-bond acceptors (Lipinski definition) is 4. The summed E-state index contributed by atoms with van der Waals surface area (Å²) in [6.45, 7) is 2.33. The Morgan fingerprint density at radius 3 is 2.75 bits per heavy atom. The summed E-state index contributed by atoms with van der Waals surface area (Å²) in [4.78, 5) is 10.4. The van der Waals surface area contributed by atoms with Gasteiger partial charge in [0.2, 0.25) is 0 Å². The summed E-state index contributed by atoms with van der Waals surface area (Å²) in [7, 11) is 0. The summed E-state index contributed by atoms with van der Waals surface area (Å²) >= 11 is 3.14. The minimum absolute atomic E-state index is 0.00321. The molecule has 2 N–H and O–H groups in total. The SMILES string of the molecule is Cc1ccc(O)c(CNc2ccc(Br)c([N+](=O)[O-])c2)c1. The fourth-order valence-corrected chi connectivity index (χ4v) is 2.21. The first-order chi connectivity index (χ1) is 9.47. The van der Waals surface area contributed by atoms with Crippen molar-refractivity contribution in [3.05, 3.63) is 62.1 Å². The van der Waals surface area contributed by atoms with E-state index in [1.165, 1.54) is 6.07 Å². The van der Waals surface area contributed by atoms with Gasteiger partial charge < -0.3 is 10.4 Å². The number of benzene rings is 2. The number of nitro groups is 1. The Labute approximate surface area is 124 Å². The summed E-state index contributed by atoms with van der Waals surface area (Å²) in [6, 6.07) is 10.1. The maximum absolute atomic E-state index is 10.9. The number of phenolic OH excluding ortho intramolecular Hbond substituents is 1. The second kappa shape index (κ2) is 5.92. The Balaban J connectivity index is 2.17. The number of halogens is 1. The first-order valence-corrected chi connectivity index (χ1v) is 6.73. The molecule has 5 nitrogen and oxygen atoms in total. The highest BCUT2D eigenvalue weighted by molar-refractivity contribution is 9.10. The van der Waals surface area contributed by atoms with E-state index in [1.54, 1.807) is 18.2 Å². The normalized spacial score (nSPS) is 10.3. The molecule has 0 aliphatic heterocycles. The van der Waals surface area contributed by atoms with Gasteiger partial charge in [0.25, 0.3) is 5.69 Å². The van der Waals surface area contributed by atoms with Crippen molar-refractivity contribution in [3.63, 3.8) is 0 Å². The molecule has 20 heavy (non-hydrogen) atoms. The molecule has 0 spiro atoms. The lowest BCUT2D eigenvalue weighted by Gasteiger charge is -2.09. The van der Waals surface area contributed by atoms with Crippen LogP contribution in [0.5, 0.6) is 5.75 Å². The van der Waals surface area contributed by atoms with Gasteiger partial charge >= 0.3 is 0 Å². The molecular weight excluding hydrogens is 324 g/mol. The minimum atomic E-state index is -0.445. The van der Waals surface area contributed by atoms with E-state index in [0.717, 1.165) is 11.1 Å². The van der Waals surface area contributed by atoms with Crippen LogP contribution in [-0.2, 0) is 6.54 Å². The van der Waals surface area contributed by atoms with Crippen molar-refractivity contribution in [2.75, 3.05) is 5.32 Å². The maximum Gasteiger partial charge on any atom is 0.285 e. The first-order valence-electron chi connectivity index (χ1n) is 5.93. The van der Waals surface area contributed by atoms with Crippen molar-refractivity contribution in [1.82, 2.24) is 0 Å². The van der Waals surface area contributed by atoms with Gasteiger partial charge in [-0.05, 0) is 41.1 Å². The van der Waals surface area contributed by atoms with E-state index in [4.69, 9.17) is 0 Å². The number of hydrogen-bond donors (Lipinski definition) is 2. The van der Waals surface area contributed by atoms with E-state index in [9.17, 15) is 15.2 Å². The molecule has 0 amide bonds. The van der Waals surface area contributed by atoms with Gasteiger partial charge in [0.15, 0.2) is 0 Å². The van der Waals surface area contributed by atoms with Crippen molar-refractivity contribution < 1.29 is 10.0 Å². The molecule has 0 heterocycles. The van der Waals surface area contributed by atoms with Crippen LogP contribution in [0.3, 0.4) is 0 Å². The molecule has 0 atom stereocenters. The molecule has 2 aromatic rings.